The van der Waals surface area contributed by atoms with Gasteiger partial charge in [0.05, 0.1) is 11.6 Å². The summed E-state index contributed by atoms with van der Waals surface area (Å²) in [5.74, 6) is 1.39. The van der Waals surface area contributed by atoms with E-state index >= 15 is 0 Å². The predicted octanol–water partition coefficient (Wildman–Crippen LogP) is 4.93. The van der Waals surface area contributed by atoms with Gasteiger partial charge < -0.3 is 9.47 Å². The molecule has 0 bridgehead atoms. The highest BCUT2D eigenvalue weighted by molar-refractivity contribution is 9.10. The van der Waals surface area contributed by atoms with E-state index in [4.69, 9.17) is 9.47 Å². The largest absolute Gasteiger partial charge is 0.490 e. The molecule has 0 aliphatic carbocycles. The van der Waals surface area contributed by atoms with Gasteiger partial charge in [0.15, 0.2) is 5.78 Å². The molecule has 0 amide bonds. The first kappa shape index (κ1) is 18.3. The van der Waals surface area contributed by atoms with Crippen LogP contribution in [0.5, 0.6) is 11.5 Å². The molecule has 1 aliphatic heterocycles. The van der Waals surface area contributed by atoms with Gasteiger partial charge in [0.1, 0.15) is 24.2 Å². The van der Waals surface area contributed by atoms with Crippen molar-refractivity contribution in [2.45, 2.75) is 12.5 Å². The fourth-order valence-electron chi connectivity index (χ4n) is 3.20. The Morgan fingerprint density at radius 2 is 1.93 bits per heavy atom. The average molecular weight is 434 g/mol. The van der Waals surface area contributed by atoms with Crippen molar-refractivity contribution in [3.8, 4) is 17.6 Å². The summed E-state index contributed by atoms with van der Waals surface area (Å²) in [5, 5.41) is 9.24. The van der Waals surface area contributed by atoms with Crippen molar-refractivity contribution in [3.05, 3.63) is 93.5 Å². The van der Waals surface area contributed by atoms with Crippen molar-refractivity contribution in [2.75, 3.05) is 6.61 Å². The molecule has 0 aromatic heterocycles. The molecule has 0 fully saturated rings. The summed E-state index contributed by atoms with van der Waals surface area (Å²) in [5.41, 5.74) is 2.43. The molecule has 0 N–H and O–H groups in total. The summed E-state index contributed by atoms with van der Waals surface area (Å²) < 4.78 is 12.5. The first-order valence-corrected chi connectivity index (χ1v) is 9.65. The highest BCUT2D eigenvalue weighted by atomic mass is 79.9. The lowest BCUT2D eigenvalue weighted by molar-refractivity contribution is 0.103. The molecule has 3 aromatic carbocycles. The number of nitriles is 1. The Hall–Kier alpha value is -3.10. The number of halogens is 1. The number of hydrogen-bond acceptors (Lipinski definition) is 4. The molecule has 138 valence electrons. The van der Waals surface area contributed by atoms with Crippen molar-refractivity contribution in [2.24, 2.45) is 0 Å². The van der Waals surface area contributed by atoms with Crippen LogP contribution in [0.3, 0.4) is 0 Å². The second-order valence-electron chi connectivity index (χ2n) is 6.52. The number of hydrogen-bond donors (Lipinski definition) is 0. The van der Waals surface area contributed by atoms with Gasteiger partial charge in [-0.25, -0.2) is 0 Å². The Balaban J connectivity index is 1.41. The van der Waals surface area contributed by atoms with E-state index < -0.39 is 0 Å². The minimum absolute atomic E-state index is 0.0152. The summed E-state index contributed by atoms with van der Waals surface area (Å²) in [4.78, 5) is 12.7. The van der Waals surface area contributed by atoms with Crippen LogP contribution in [0.2, 0.25) is 0 Å². The maximum Gasteiger partial charge on any atom is 0.194 e. The van der Waals surface area contributed by atoms with E-state index in [9.17, 15) is 10.1 Å². The van der Waals surface area contributed by atoms with Gasteiger partial charge in [-0.05, 0) is 54.1 Å². The molecule has 28 heavy (non-hydrogen) atoms. The Kier molecular flexibility index (Phi) is 5.14. The number of para-hydroxylation sites is 1. The summed E-state index contributed by atoms with van der Waals surface area (Å²) in [6.07, 6.45) is 0.811. The molecule has 1 atom stereocenters. The third kappa shape index (κ3) is 3.78. The molecule has 1 heterocycles. The van der Waals surface area contributed by atoms with Gasteiger partial charge in [0.25, 0.3) is 0 Å². The van der Waals surface area contributed by atoms with Gasteiger partial charge in [-0.1, -0.05) is 34.1 Å². The van der Waals surface area contributed by atoms with Gasteiger partial charge in [-0.2, -0.15) is 5.26 Å². The van der Waals surface area contributed by atoms with Crippen molar-refractivity contribution in [3.63, 3.8) is 0 Å². The van der Waals surface area contributed by atoms with Crippen LogP contribution < -0.4 is 9.47 Å². The van der Waals surface area contributed by atoms with Crippen LogP contribution >= 0.6 is 15.9 Å². The molecule has 4 rings (SSSR count). The smallest absolute Gasteiger partial charge is 0.194 e. The molecule has 1 aliphatic rings. The molecule has 1 unspecified atom stereocenters. The summed E-state index contributed by atoms with van der Waals surface area (Å²) >= 11 is 3.35. The molecule has 4 nitrogen and oxygen atoms in total. The lowest BCUT2D eigenvalue weighted by Gasteiger charge is -2.12. The van der Waals surface area contributed by atoms with E-state index in [0.29, 0.717) is 29.0 Å². The minimum atomic E-state index is -0.195. The van der Waals surface area contributed by atoms with Crippen LogP contribution in [0, 0.1) is 11.3 Å². The van der Waals surface area contributed by atoms with Crippen LogP contribution in [-0.4, -0.2) is 18.5 Å². The van der Waals surface area contributed by atoms with Crippen LogP contribution in [0.15, 0.2) is 71.2 Å². The maximum absolute atomic E-state index is 12.7. The van der Waals surface area contributed by atoms with Crippen molar-refractivity contribution in [1.82, 2.24) is 0 Å². The van der Waals surface area contributed by atoms with Gasteiger partial charge >= 0.3 is 0 Å². The summed E-state index contributed by atoms with van der Waals surface area (Å²) in [6, 6.07) is 22.1. The highest BCUT2D eigenvalue weighted by Crippen LogP contribution is 2.28. The molecule has 0 saturated carbocycles. The molecule has 5 heteroatoms. The fraction of sp³-hybridized carbons (Fsp3) is 0.130. The Morgan fingerprint density at radius 3 is 2.68 bits per heavy atom. The highest BCUT2D eigenvalue weighted by Gasteiger charge is 2.23. The van der Waals surface area contributed by atoms with E-state index in [1.165, 1.54) is 5.56 Å². The first-order chi connectivity index (χ1) is 13.6. The van der Waals surface area contributed by atoms with Crippen LogP contribution in [0.1, 0.15) is 27.0 Å². The van der Waals surface area contributed by atoms with Gasteiger partial charge in [-0.3, -0.25) is 4.79 Å². The SMILES string of the molecule is N#Cc1ccc(Br)cc1C(=O)c1ccc(OCC2Cc3ccccc3O2)cc1. The third-order valence-electron chi connectivity index (χ3n) is 4.61. The van der Waals surface area contributed by atoms with E-state index in [0.717, 1.165) is 16.6 Å². The van der Waals surface area contributed by atoms with Crippen LogP contribution in [0.4, 0.5) is 0 Å². The topological polar surface area (TPSA) is 59.3 Å². The lowest BCUT2D eigenvalue weighted by atomic mass is 9.99. The molecular weight excluding hydrogens is 418 g/mol. The number of rotatable bonds is 5. The average Bonchev–Trinajstić information content (AvgIpc) is 3.15. The molecule has 3 aromatic rings. The molecule has 0 saturated heterocycles. The number of carbonyl (C=O) groups is 1. The van der Waals surface area contributed by atoms with Crippen LogP contribution in [0.25, 0.3) is 0 Å². The van der Waals surface area contributed by atoms with Crippen LogP contribution in [-0.2, 0) is 6.42 Å². The predicted molar refractivity (Wildman–Crippen MR) is 109 cm³/mol. The van der Waals surface area contributed by atoms with Gasteiger partial charge in [0, 0.05) is 22.0 Å². The molecule has 0 spiro atoms. The molecular formula is C23H16BrNO3. The van der Waals surface area contributed by atoms with E-state index in [1.807, 2.05) is 18.2 Å². The van der Waals surface area contributed by atoms with Gasteiger partial charge in [0.2, 0.25) is 0 Å². The second kappa shape index (κ2) is 7.87. The number of benzene rings is 3. The van der Waals surface area contributed by atoms with Gasteiger partial charge in [-0.15, -0.1) is 0 Å². The number of nitrogens with zero attached hydrogens (tertiary/aromatic N) is 1. The lowest BCUT2D eigenvalue weighted by Crippen LogP contribution is -2.22. The number of carbonyl (C=O) groups excluding carboxylic acids is 1. The van der Waals surface area contributed by atoms with Crippen molar-refractivity contribution < 1.29 is 14.3 Å². The maximum atomic E-state index is 12.7. The second-order valence-corrected chi connectivity index (χ2v) is 7.43. The Bertz CT molecular complexity index is 1040. The summed E-state index contributed by atoms with van der Waals surface area (Å²) in [7, 11) is 0. The number of fused-ring (bicyclic) bond motifs is 1. The molecule has 0 radical (unpaired) electrons. The van der Waals surface area contributed by atoms with E-state index in [-0.39, 0.29) is 11.9 Å². The number of ketones is 1. The standard InChI is InChI=1S/C23H16BrNO3/c24-18-8-5-17(13-25)21(12-18)23(26)15-6-9-19(10-7-15)27-14-20-11-16-3-1-2-4-22(16)28-20/h1-10,12,20H,11,14H2. The zero-order chi connectivity index (χ0) is 19.5. The number of ether oxygens (including phenoxy) is 2. The van der Waals surface area contributed by atoms with Crippen molar-refractivity contribution in [1.29, 1.82) is 5.26 Å². The van der Waals surface area contributed by atoms with Crippen molar-refractivity contribution >= 4 is 21.7 Å². The Labute approximate surface area is 171 Å². The quantitative estimate of drug-likeness (QED) is 0.534. The minimum Gasteiger partial charge on any atom is -0.490 e. The third-order valence-corrected chi connectivity index (χ3v) is 5.11. The van der Waals surface area contributed by atoms with E-state index in [2.05, 4.69) is 28.1 Å². The first-order valence-electron chi connectivity index (χ1n) is 8.86. The zero-order valence-corrected chi connectivity index (χ0v) is 16.5. The Morgan fingerprint density at radius 1 is 1.14 bits per heavy atom. The zero-order valence-electron chi connectivity index (χ0n) is 14.9. The monoisotopic (exact) mass is 433 g/mol. The fourth-order valence-corrected chi connectivity index (χ4v) is 3.56. The summed E-state index contributed by atoms with van der Waals surface area (Å²) in [6.45, 7) is 0.437. The van der Waals surface area contributed by atoms with E-state index in [1.54, 1.807) is 42.5 Å². The normalized spacial score (nSPS) is 14.6.